The minimum Gasteiger partial charge on any atom is -0.365 e. The van der Waals surface area contributed by atoms with E-state index in [1.165, 1.54) is 6.92 Å². The number of ketones is 1. The van der Waals surface area contributed by atoms with Gasteiger partial charge in [-0.05, 0) is 20.0 Å². The van der Waals surface area contributed by atoms with Crippen LogP contribution < -0.4 is 5.32 Å². The van der Waals surface area contributed by atoms with E-state index in [4.69, 9.17) is 0 Å². The molecule has 0 atom stereocenters. The van der Waals surface area contributed by atoms with E-state index in [-0.39, 0.29) is 12.3 Å². The first kappa shape index (κ1) is 12.0. The molecule has 0 heterocycles. The Labute approximate surface area is 77.5 Å². The van der Waals surface area contributed by atoms with Gasteiger partial charge >= 0.3 is 0 Å². The molecule has 0 amide bonds. The molecule has 0 aliphatic heterocycles. The lowest BCUT2D eigenvalue weighted by Crippen LogP contribution is -2.45. The third-order valence-electron chi connectivity index (χ3n) is 1.25. The number of carbonyl (C=O) groups is 1. The summed E-state index contributed by atoms with van der Waals surface area (Å²) >= 11 is 0. The third-order valence-corrected chi connectivity index (χ3v) is 2.99. The minimum absolute atomic E-state index is 0.00547. The highest BCUT2D eigenvalue weighted by molar-refractivity contribution is 6.71. The third kappa shape index (κ3) is 7.41. The molecule has 13 heavy (non-hydrogen) atoms. The number of nitrogens with zero attached hydrogens (tertiary/aromatic N) is 1. The summed E-state index contributed by atoms with van der Waals surface area (Å²) in [5, 5.41) is 12.1. The van der Waals surface area contributed by atoms with Gasteiger partial charge in [-0.1, -0.05) is 0 Å². The van der Waals surface area contributed by atoms with Crippen LogP contribution >= 0.6 is 0 Å². The summed E-state index contributed by atoms with van der Waals surface area (Å²) in [5.41, 5.74) is 0. The molecule has 0 rings (SSSR count). The molecule has 1 N–H and O–H groups in total. The van der Waals surface area contributed by atoms with Crippen molar-refractivity contribution in [2.24, 2.45) is 0 Å². The molecule has 0 unspecified atom stereocenters. The van der Waals surface area contributed by atoms with Crippen molar-refractivity contribution in [1.29, 1.82) is 0 Å². The lowest BCUT2D eigenvalue weighted by Gasteiger charge is -2.18. The van der Waals surface area contributed by atoms with Gasteiger partial charge in [0.2, 0.25) is 0 Å². The highest BCUT2D eigenvalue weighted by atomic mass is 28.4. The summed E-state index contributed by atoms with van der Waals surface area (Å²) in [4.78, 5) is 20.6. The monoisotopic (exact) mass is 206 g/mol. The topological polar surface area (TPSA) is 81.5 Å². The molecule has 0 aromatic carbocycles. The predicted octanol–water partition coefficient (Wildman–Crippen LogP) is 0.118. The van der Waals surface area contributed by atoms with Crippen LogP contribution in [-0.2, 0) is 9.32 Å². The van der Waals surface area contributed by atoms with E-state index in [0.29, 0.717) is 6.17 Å². The fraction of sp³-hybridized carbons (Fsp3) is 0.833. The Hall–Kier alpha value is -0.953. The second-order valence-electron chi connectivity index (χ2n) is 3.38. The summed E-state index contributed by atoms with van der Waals surface area (Å²) in [6, 6.07) is 0. The molecule has 0 aliphatic carbocycles. The normalized spacial score (nSPS) is 11.0. The highest BCUT2D eigenvalue weighted by Crippen LogP contribution is 2.01. The first-order valence-electron chi connectivity index (χ1n) is 3.87. The van der Waals surface area contributed by atoms with Crippen LogP contribution in [0.25, 0.3) is 0 Å². The molecule has 0 spiro atoms. The van der Waals surface area contributed by atoms with Crippen molar-refractivity contribution in [3.63, 3.8) is 0 Å². The summed E-state index contributed by atoms with van der Waals surface area (Å²) < 4.78 is 4.51. The van der Waals surface area contributed by atoms with Gasteiger partial charge in [0, 0.05) is 6.17 Å². The van der Waals surface area contributed by atoms with Gasteiger partial charge in [-0.3, -0.25) is 4.79 Å². The van der Waals surface area contributed by atoms with E-state index in [1.54, 1.807) is 13.1 Å². The SMILES string of the molecule is CC(=O)CNC[Si](C)(C)O[N+](=O)[O-]. The Balaban J connectivity index is 3.75. The van der Waals surface area contributed by atoms with E-state index in [2.05, 4.69) is 9.84 Å². The van der Waals surface area contributed by atoms with E-state index >= 15 is 0 Å². The number of hydrogen-bond acceptors (Lipinski definition) is 5. The molecule has 6 nitrogen and oxygen atoms in total. The zero-order valence-electron chi connectivity index (χ0n) is 7.99. The van der Waals surface area contributed by atoms with Crippen LogP contribution in [0.15, 0.2) is 0 Å². The van der Waals surface area contributed by atoms with Crippen molar-refractivity contribution in [2.75, 3.05) is 12.7 Å². The molecule has 0 saturated carbocycles. The quantitative estimate of drug-likeness (QED) is 0.379. The molecule has 7 heteroatoms. The van der Waals surface area contributed by atoms with Gasteiger partial charge in [0.1, 0.15) is 5.78 Å². The van der Waals surface area contributed by atoms with Gasteiger partial charge in [0.25, 0.3) is 13.4 Å². The van der Waals surface area contributed by atoms with Crippen LogP contribution in [0.5, 0.6) is 0 Å². The van der Waals surface area contributed by atoms with Gasteiger partial charge < -0.3 is 9.84 Å². The van der Waals surface area contributed by atoms with Crippen LogP contribution in [0.1, 0.15) is 6.92 Å². The van der Waals surface area contributed by atoms with Crippen molar-refractivity contribution in [3.05, 3.63) is 10.1 Å². The average Bonchev–Trinajstić information content (AvgIpc) is 1.81. The molecule has 0 fully saturated rings. The van der Waals surface area contributed by atoms with Crippen molar-refractivity contribution < 1.29 is 14.4 Å². The van der Waals surface area contributed by atoms with Crippen molar-refractivity contribution in [3.8, 4) is 0 Å². The van der Waals surface area contributed by atoms with Gasteiger partial charge in [0.15, 0.2) is 0 Å². The summed E-state index contributed by atoms with van der Waals surface area (Å²) in [7, 11) is -2.30. The molecule has 0 aromatic rings. The second-order valence-corrected chi connectivity index (χ2v) is 7.44. The number of nitrogens with one attached hydrogen (secondary N) is 1. The summed E-state index contributed by atoms with van der Waals surface area (Å²) in [6.07, 6.45) is 0.396. The maximum absolute atomic E-state index is 10.5. The van der Waals surface area contributed by atoms with E-state index in [0.717, 1.165) is 0 Å². The maximum Gasteiger partial charge on any atom is 0.284 e. The Kier molecular flexibility index (Phi) is 4.56. The maximum atomic E-state index is 10.5. The summed E-state index contributed by atoms with van der Waals surface area (Å²) in [6.45, 7) is 5.11. The largest absolute Gasteiger partial charge is 0.365 e. The van der Waals surface area contributed by atoms with E-state index in [1.807, 2.05) is 0 Å². The molecular weight excluding hydrogens is 192 g/mol. The van der Waals surface area contributed by atoms with Crippen LogP contribution in [0.3, 0.4) is 0 Å². The van der Waals surface area contributed by atoms with Crippen LogP contribution in [0, 0.1) is 10.1 Å². The lowest BCUT2D eigenvalue weighted by atomic mass is 10.5. The molecule has 76 valence electrons. The molecule has 0 aliphatic rings. The number of Topliss-reactive ketones (excluding diaryl/α,β-unsaturated/α-hetero) is 1. The lowest BCUT2D eigenvalue weighted by molar-refractivity contribution is -0.721. The highest BCUT2D eigenvalue weighted by Gasteiger charge is 2.26. The van der Waals surface area contributed by atoms with Crippen molar-refractivity contribution in [2.45, 2.75) is 20.0 Å². The Morgan fingerprint density at radius 3 is 2.54 bits per heavy atom. The second kappa shape index (κ2) is 4.93. The fourth-order valence-corrected chi connectivity index (χ4v) is 1.97. The van der Waals surface area contributed by atoms with Gasteiger partial charge in [-0.25, -0.2) is 0 Å². The number of hydrogen-bond donors (Lipinski definition) is 1. The molecule has 0 radical (unpaired) electrons. The Morgan fingerprint density at radius 1 is 1.62 bits per heavy atom. The molecule has 0 aromatic heterocycles. The zero-order valence-corrected chi connectivity index (χ0v) is 8.99. The smallest absolute Gasteiger partial charge is 0.284 e. The van der Waals surface area contributed by atoms with Crippen molar-refractivity contribution >= 4 is 14.1 Å². The Morgan fingerprint density at radius 2 is 2.15 bits per heavy atom. The predicted molar refractivity (Wildman–Crippen MR) is 49.1 cm³/mol. The average molecular weight is 206 g/mol. The Bertz CT molecular complexity index is 207. The molecule has 0 bridgehead atoms. The molecule has 0 saturated heterocycles. The standard InChI is InChI=1S/C6H14N2O4Si/c1-6(9)4-7-5-13(2,3)12-8(10)11/h7H,4-5H2,1-3H3. The molecular formula is C6H14N2O4Si. The van der Waals surface area contributed by atoms with Crippen LogP contribution in [0.4, 0.5) is 0 Å². The minimum atomic E-state index is -2.30. The van der Waals surface area contributed by atoms with E-state index in [9.17, 15) is 14.9 Å². The number of rotatable bonds is 6. The van der Waals surface area contributed by atoms with Crippen molar-refractivity contribution in [1.82, 2.24) is 5.32 Å². The first-order valence-corrected chi connectivity index (χ1v) is 6.99. The van der Waals surface area contributed by atoms with Crippen LogP contribution in [0.2, 0.25) is 13.1 Å². The van der Waals surface area contributed by atoms with Crippen LogP contribution in [-0.4, -0.2) is 31.9 Å². The van der Waals surface area contributed by atoms with Gasteiger partial charge in [-0.2, -0.15) is 0 Å². The zero-order chi connectivity index (χ0) is 10.5. The number of carbonyl (C=O) groups excluding carboxylic acids is 1. The first-order chi connectivity index (χ1) is 5.83. The van der Waals surface area contributed by atoms with E-state index < -0.39 is 13.4 Å². The van der Waals surface area contributed by atoms with Gasteiger partial charge in [0.05, 0.1) is 6.54 Å². The summed E-state index contributed by atoms with van der Waals surface area (Å²) in [5.74, 6) is 0.00547. The fourth-order valence-electron chi connectivity index (χ4n) is 0.774. The van der Waals surface area contributed by atoms with Gasteiger partial charge in [-0.15, -0.1) is 10.1 Å².